The van der Waals surface area contributed by atoms with E-state index < -0.39 is 0 Å². The second-order valence-electron chi connectivity index (χ2n) is 7.90. The summed E-state index contributed by atoms with van der Waals surface area (Å²) in [6.45, 7) is 4.54. The minimum atomic E-state index is -0.114. The fourth-order valence-corrected chi connectivity index (χ4v) is 4.90. The number of rotatable bonds is 5. The van der Waals surface area contributed by atoms with E-state index in [0.717, 1.165) is 46.1 Å². The van der Waals surface area contributed by atoms with Gasteiger partial charge >= 0.3 is 0 Å². The lowest BCUT2D eigenvalue weighted by atomic mass is 9.99. The summed E-state index contributed by atoms with van der Waals surface area (Å²) in [5, 5.41) is 0.908. The van der Waals surface area contributed by atoms with Gasteiger partial charge in [-0.1, -0.05) is 12.1 Å². The lowest BCUT2D eigenvalue weighted by molar-refractivity contribution is 0.0737. The van der Waals surface area contributed by atoms with Gasteiger partial charge in [0.25, 0.3) is 5.91 Å². The lowest BCUT2D eigenvalue weighted by Crippen LogP contribution is -2.31. The van der Waals surface area contributed by atoms with E-state index in [1.807, 2.05) is 68.2 Å². The number of aryl methyl sites for hydroxylation is 2. The first-order valence-electron chi connectivity index (χ1n) is 10.3. The van der Waals surface area contributed by atoms with Crippen LogP contribution >= 0.6 is 11.3 Å². The van der Waals surface area contributed by atoms with Crippen LogP contribution in [0.25, 0.3) is 11.1 Å². The van der Waals surface area contributed by atoms with Crippen LogP contribution in [0.4, 0.5) is 5.95 Å². The molecule has 1 aliphatic heterocycles. The van der Waals surface area contributed by atoms with Gasteiger partial charge in [0.05, 0.1) is 29.5 Å². The highest BCUT2D eigenvalue weighted by Crippen LogP contribution is 2.39. The van der Waals surface area contributed by atoms with Crippen molar-refractivity contribution in [2.24, 2.45) is 0 Å². The number of amides is 1. The Balaban J connectivity index is 1.80. The van der Waals surface area contributed by atoms with Gasteiger partial charge in [0.1, 0.15) is 10.6 Å². The molecular weight excluding hydrogens is 410 g/mol. The Kier molecular flexibility index (Phi) is 5.91. The van der Waals surface area contributed by atoms with E-state index in [4.69, 9.17) is 9.72 Å². The van der Waals surface area contributed by atoms with Crippen LogP contribution in [-0.2, 0) is 0 Å². The number of aromatic nitrogens is 3. The molecule has 0 bridgehead atoms. The third kappa shape index (κ3) is 4.12. The Morgan fingerprint density at radius 2 is 2.06 bits per heavy atom. The molecule has 0 saturated carbocycles. The summed E-state index contributed by atoms with van der Waals surface area (Å²) in [6, 6.07) is 7.77. The minimum Gasteiger partial charge on any atom is -0.497 e. The molecule has 3 aromatic rings. The monoisotopic (exact) mass is 437 g/mol. The number of hydrogen-bond donors (Lipinski definition) is 0. The summed E-state index contributed by atoms with van der Waals surface area (Å²) in [7, 11) is 5.50. The van der Waals surface area contributed by atoms with Crippen LogP contribution in [0.3, 0.4) is 0 Å². The molecule has 4 rings (SSSR count). The van der Waals surface area contributed by atoms with Crippen molar-refractivity contribution in [1.29, 1.82) is 0 Å². The molecule has 162 valence electrons. The number of hydrogen-bond acceptors (Lipinski definition) is 7. The molecule has 1 amide bonds. The molecule has 3 heterocycles. The van der Waals surface area contributed by atoms with Gasteiger partial charge in [0, 0.05) is 32.4 Å². The van der Waals surface area contributed by atoms with Gasteiger partial charge in [-0.15, -0.1) is 11.3 Å². The maximum Gasteiger partial charge on any atom is 0.266 e. The zero-order valence-electron chi connectivity index (χ0n) is 18.5. The number of anilines is 1. The molecule has 1 saturated heterocycles. The number of likely N-dealkylation sites (tertiary alicyclic amines) is 1. The molecule has 1 aliphatic rings. The SMILES string of the molecule is COc1cccc(-c2cnc(N(C)C)nc2C2CCCN2C(=O)c2sc(C)nc2C)c1. The van der Waals surface area contributed by atoms with E-state index in [0.29, 0.717) is 17.4 Å². The molecule has 1 aromatic carbocycles. The van der Waals surface area contributed by atoms with Crippen molar-refractivity contribution >= 4 is 23.2 Å². The quantitative estimate of drug-likeness (QED) is 0.594. The highest BCUT2D eigenvalue weighted by atomic mass is 32.1. The van der Waals surface area contributed by atoms with Crippen molar-refractivity contribution < 1.29 is 9.53 Å². The molecule has 1 fully saturated rings. The van der Waals surface area contributed by atoms with E-state index in [1.165, 1.54) is 11.3 Å². The van der Waals surface area contributed by atoms with Crippen molar-refractivity contribution in [1.82, 2.24) is 19.9 Å². The number of nitrogens with zero attached hydrogens (tertiary/aromatic N) is 5. The summed E-state index contributed by atoms with van der Waals surface area (Å²) in [6.07, 6.45) is 3.66. The first-order valence-corrected chi connectivity index (χ1v) is 11.1. The highest BCUT2D eigenvalue weighted by Gasteiger charge is 2.35. The number of carbonyl (C=O) groups excluding carboxylic acids is 1. The van der Waals surface area contributed by atoms with Crippen molar-refractivity contribution in [2.45, 2.75) is 32.7 Å². The van der Waals surface area contributed by atoms with E-state index in [2.05, 4.69) is 9.97 Å². The Hall–Kier alpha value is -3.00. The van der Waals surface area contributed by atoms with E-state index in [1.54, 1.807) is 7.11 Å². The van der Waals surface area contributed by atoms with Gasteiger partial charge in [-0.2, -0.15) is 0 Å². The van der Waals surface area contributed by atoms with Gasteiger partial charge in [0.15, 0.2) is 0 Å². The predicted molar refractivity (Wildman–Crippen MR) is 123 cm³/mol. The fraction of sp³-hybridized carbons (Fsp3) is 0.391. The van der Waals surface area contributed by atoms with Crippen molar-refractivity contribution in [2.75, 3.05) is 32.6 Å². The minimum absolute atomic E-state index is 0.0345. The standard InChI is InChI=1S/C23H27N5O2S/c1-14-21(31-15(2)25-14)22(29)28-11-7-10-19(28)20-18(13-24-23(26-20)27(3)4)16-8-6-9-17(12-16)30-5/h6,8-9,12-13,19H,7,10-11H2,1-5H3. The van der Waals surface area contributed by atoms with Crippen molar-refractivity contribution in [3.63, 3.8) is 0 Å². The number of thiazole rings is 1. The van der Waals surface area contributed by atoms with E-state index in [-0.39, 0.29) is 11.9 Å². The van der Waals surface area contributed by atoms with Gasteiger partial charge in [-0.3, -0.25) is 4.79 Å². The van der Waals surface area contributed by atoms with Crippen LogP contribution in [0, 0.1) is 13.8 Å². The van der Waals surface area contributed by atoms with Gasteiger partial charge in [-0.25, -0.2) is 15.0 Å². The van der Waals surface area contributed by atoms with Crippen LogP contribution in [0.2, 0.25) is 0 Å². The van der Waals surface area contributed by atoms with Crippen molar-refractivity contribution in [3.05, 3.63) is 51.7 Å². The largest absolute Gasteiger partial charge is 0.497 e. The van der Waals surface area contributed by atoms with Crippen LogP contribution in [-0.4, -0.2) is 53.5 Å². The number of ether oxygens (including phenoxy) is 1. The first-order chi connectivity index (χ1) is 14.9. The fourth-order valence-electron chi connectivity index (χ4n) is 4.02. The zero-order chi connectivity index (χ0) is 22.1. The van der Waals surface area contributed by atoms with Crippen LogP contribution in [0.1, 0.15) is 45.0 Å². The Labute approximate surface area is 186 Å². The number of benzene rings is 1. The molecule has 0 radical (unpaired) electrons. The molecule has 2 aromatic heterocycles. The van der Waals surface area contributed by atoms with Crippen LogP contribution < -0.4 is 9.64 Å². The molecule has 0 aliphatic carbocycles. The Bertz CT molecular complexity index is 1110. The summed E-state index contributed by atoms with van der Waals surface area (Å²) in [5.41, 5.74) is 3.56. The van der Waals surface area contributed by atoms with Crippen molar-refractivity contribution in [3.8, 4) is 16.9 Å². The molecule has 1 atom stereocenters. The highest BCUT2D eigenvalue weighted by molar-refractivity contribution is 7.13. The third-order valence-corrected chi connectivity index (χ3v) is 6.57. The molecule has 7 nitrogen and oxygen atoms in total. The topological polar surface area (TPSA) is 71.5 Å². The summed E-state index contributed by atoms with van der Waals surface area (Å²) in [4.78, 5) is 31.9. The summed E-state index contributed by atoms with van der Waals surface area (Å²) >= 11 is 1.46. The number of carbonyl (C=O) groups is 1. The molecule has 0 spiro atoms. The lowest BCUT2D eigenvalue weighted by Gasteiger charge is -2.26. The van der Waals surface area contributed by atoms with Gasteiger partial charge < -0.3 is 14.5 Å². The second-order valence-corrected chi connectivity index (χ2v) is 9.10. The predicted octanol–water partition coefficient (Wildman–Crippen LogP) is 4.27. The first kappa shape index (κ1) is 21.2. The average Bonchev–Trinajstić information content (AvgIpc) is 3.39. The third-order valence-electron chi connectivity index (χ3n) is 5.51. The van der Waals surface area contributed by atoms with Gasteiger partial charge in [-0.05, 0) is 44.4 Å². The summed E-state index contributed by atoms with van der Waals surface area (Å²) < 4.78 is 5.42. The molecule has 0 N–H and O–H groups in total. The normalized spacial score (nSPS) is 15.9. The van der Waals surface area contributed by atoms with E-state index in [9.17, 15) is 4.79 Å². The van der Waals surface area contributed by atoms with Gasteiger partial charge in [0.2, 0.25) is 5.95 Å². The zero-order valence-corrected chi connectivity index (χ0v) is 19.4. The second kappa shape index (κ2) is 8.63. The summed E-state index contributed by atoms with van der Waals surface area (Å²) in [5.74, 6) is 1.44. The molecular formula is C23H27N5O2S. The Morgan fingerprint density at radius 3 is 2.74 bits per heavy atom. The molecule has 1 unspecified atom stereocenters. The Morgan fingerprint density at radius 1 is 1.26 bits per heavy atom. The molecule has 31 heavy (non-hydrogen) atoms. The maximum atomic E-state index is 13.5. The van der Waals surface area contributed by atoms with Crippen LogP contribution in [0.5, 0.6) is 5.75 Å². The van der Waals surface area contributed by atoms with E-state index >= 15 is 0 Å². The van der Waals surface area contributed by atoms with Crippen LogP contribution in [0.15, 0.2) is 30.5 Å². The average molecular weight is 438 g/mol. The number of methoxy groups -OCH3 is 1. The molecule has 8 heteroatoms. The maximum absolute atomic E-state index is 13.5. The smallest absolute Gasteiger partial charge is 0.266 e.